The van der Waals surface area contributed by atoms with Gasteiger partial charge in [-0.15, -0.1) is 0 Å². The van der Waals surface area contributed by atoms with Gasteiger partial charge in [-0.3, -0.25) is 0 Å². The zero-order valence-electron chi connectivity index (χ0n) is 11.6. The number of unbranched alkanes of at least 4 members (excludes halogenated alkanes) is 3. The maximum absolute atomic E-state index is 2.40. The minimum absolute atomic E-state index is 0.694. The Balaban J connectivity index is 4.09. The minimum Gasteiger partial charge on any atom is -0.0654 e. The van der Waals surface area contributed by atoms with E-state index in [9.17, 15) is 0 Å². The van der Waals surface area contributed by atoms with Crippen molar-refractivity contribution in [2.75, 3.05) is 0 Å². The lowest BCUT2D eigenvalue weighted by Gasteiger charge is -2.33. The lowest BCUT2D eigenvalue weighted by molar-refractivity contribution is 0.193. The molecule has 0 nitrogen and oxygen atoms in total. The molecule has 0 radical (unpaired) electrons. The van der Waals surface area contributed by atoms with E-state index in [0.29, 0.717) is 5.41 Å². The van der Waals surface area contributed by atoms with Crippen LogP contribution in [-0.4, -0.2) is 0 Å². The minimum atomic E-state index is 0.694. The Kier molecular flexibility index (Phi) is 9.24. The molecular formula is C15H32. The molecule has 1 unspecified atom stereocenters. The van der Waals surface area contributed by atoms with Crippen LogP contribution in [0, 0.1) is 5.41 Å². The fourth-order valence-electron chi connectivity index (χ4n) is 2.74. The maximum Gasteiger partial charge on any atom is -0.0300 e. The van der Waals surface area contributed by atoms with E-state index >= 15 is 0 Å². The van der Waals surface area contributed by atoms with Gasteiger partial charge in [-0.1, -0.05) is 72.6 Å². The maximum atomic E-state index is 2.40. The van der Waals surface area contributed by atoms with Crippen LogP contribution < -0.4 is 0 Å². The smallest absolute Gasteiger partial charge is 0.0300 e. The van der Waals surface area contributed by atoms with Gasteiger partial charge in [0.15, 0.2) is 0 Å². The summed E-state index contributed by atoms with van der Waals surface area (Å²) < 4.78 is 0. The molecule has 0 aromatic carbocycles. The second-order valence-corrected chi connectivity index (χ2v) is 5.16. The number of rotatable bonds is 10. The molecule has 0 aliphatic carbocycles. The highest BCUT2D eigenvalue weighted by atomic mass is 14.3. The van der Waals surface area contributed by atoms with Crippen molar-refractivity contribution in [2.24, 2.45) is 5.41 Å². The second kappa shape index (κ2) is 9.24. The molecule has 0 saturated carbocycles. The first-order chi connectivity index (χ1) is 7.24. The molecule has 0 amide bonds. The first-order valence-electron chi connectivity index (χ1n) is 7.24. The Labute approximate surface area is 97.8 Å². The van der Waals surface area contributed by atoms with Gasteiger partial charge < -0.3 is 0 Å². The SMILES string of the molecule is CCCCCC(CC)(CCC)CCCC. The van der Waals surface area contributed by atoms with E-state index in [1.807, 2.05) is 0 Å². The summed E-state index contributed by atoms with van der Waals surface area (Å²) in [6.45, 7) is 9.37. The van der Waals surface area contributed by atoms with Gasteiger partial charge in [0.1, 0.15) is 0 Å². The summed E-state index contributed by atoms with van der Waals surface area (Å²) in [5.74, 6) is 0. The molecule has 0 N–H and O–H groups in total. The average Bonchev–Trinajstić information content (AvgIpc) is 2.26. The Morgan fingerprint density at radius 1 is 0.600 bits per heavy atom. The lowest BCUT2D eigenvalue weighted by Crippen LogP contribution is -2.19. The van der Waals surface area contributed by atoms with Crippen LogP contribution in [0.1, 0.15) is 91.9 Å². The van der Waals surface area contributed by atoms with E-state index in [4.69, 9.17) is 0 Å². The molecule has 0 saturated heterocycles. The highest BCUT2D eigenvalue weighted by Gasteiger charge is 2.25. The fraction of sp³-hybridized carbons (Fsp3) is 1.00. The molecule has 0 aromatic heterocycles. The van der Waals surface area contributed by atoms with Crippen molar-refractivity contribution in [3.63, 3.8) is 0 Å². The topological polar surface area (TPSA) is 0 Å². The standard InChI is InChI=1S/C15H32/c1-5-9-11-14-15(8-4,12-7-3)13-10-6-2/h5-14H2,1-4H3. The van der Waals surface area contributed by atoms with E-state index in [1.165, 1.54) is 64.2 Å². The van der Waals surface area contributed by atoms with Crippen LogP contribution in [0.3, 0.4) is 0 Å². The fourth-order valence-corrected chi connectivity index (χ4v) is 2.74. The first-order valence-corrected chi connectivity index (χ1v) is 7.24. The first kappa shape index (κ1) is 15.0. The second-order valence-electron chi connectivity index (χ2n) is 5.16. The summed E-state index contributed by atoms with van der Waals surface area (Å²) in [6.07, 6.45) is 14.2. The molecule has 0 spiro atoms. The molecule has 1 atom stereocenters. The molecule has 0 aromatic rings. The van der Waals surface area contributed by atoms with Crippen molar-refractivity contribution in [1.29, 1.82) is 0 Å². The van der Waals surface area contributed by atoms with Crippen LogP contribution in [0.2, 0.25) is 0 Å². The van der Waals surface area contributed by atoms with Gasteiger partial charge in [0.25, 0.3) is 0 Å². The zero-order valence-corrected chi connectivity index (χ0v) is 11.6. The van der Waals surface area contributed by atoms with Gasteiger partial charge in [0.05, 0.1) is 0 Å². The van der Waals surface area contributed by atoms with Crippen LogP contribution in [0.25, 0.3) is 0 Å². The van der Waals surface area contributed by atoms with E-state index < -0.39 is 0 Å². The Bertz CT molecular complexity index is 128. The van der Waals surface area contributed by atoms with Gasteiger partial charge in [-0.25, -0.2) is 0 Å². The summed E-state index contributed by atoms with van der Waals surface area (Å²) in [4.78, 5) is 0. The summed E-state index contributed by atoms with van der Waals surface area (Å²) in [7, 11) is 0. The lowest BCUT2D eigenvalue weighted by atomic mass is 9.73. The highest BCUT2D eigenvalue weighted by Crippen LogP contribution is 2.39. The molecule has 15 heavy (non-hydrogen) atoms. The molecule has 0 aliphatic heterocycles. The zero-order chi connectivity index (χ0) is 11.6. The molecule has 0 fully saturated rings. The van der Waals surface area contributed by atoms with Gasteiger partial charge in [-0.2, -0.15) is 0 Å². The van der Waals surface area contributed by atoms with Crippen molar-refractivity contribution in [3.8, 4) is 0 Å². The van der Waals surface area contributed by atoms with Crippen molar-refractivity contribution in [2.45, 2.75) is 91.9 Å². The molecule has 92 valence electrons. The number of hydrogen-bond acceptors (Lipinski definition) is 0. The van der Waals surface area contributed by atoms with Gasteiger partial charge in [0.2, 0.25) is 0 Å². The van der Waals surface area contributed by atoms with E-state index in [0.717, 1.165) is 0 Å². The molecular weight excluding hydrogens is 180 g/mol. The van der Waals surface area contributed by atoms with E-state index in [1.54, 1.807) is 0 Å². The monoisotopic (exact) mass is 212 g/mol. The summed E-state index contributed by atoms with van der Waals surface area (Å²) in [5, 5.41) is 0. The summed E-state index contributed by atoms with van der Waals surface area (Å²) in [6, 6.07) is 0. The Morgan fingerprint density at radius 2 is 1.20 bits per heavy atom. The van der Waals surface area contributed by atoms with Crippen molar-refractivity contribution < 1.29 is 0 Å². The third-order valence-corrected chi connectivity index (χ3v) is 3.90. The Hall–Kier alpha value is 0. The van der Waals surface area contributed by atoms with E-state index in [-0.39, 0.29) is 0 Å². The van der Waals surface area contributed by atoms with Crippen molar-refractivity contribution in [3.05, 3.63) is 0 Å². The number of hydrogen-bond donors (Lipinski definition) is 0. The van der Waals surface area contributed by atoms with Crippen molar-refractivity contribution in [1.82, 2.24) is 0 Å². The van der Waals surface area contributed by atoms with Crippen LogP contribution >= 0.6 is 0 Å². The molecule has 0 aliphatic rings. The molecule has 0 heterocycles. The highest BCUT2D eigenvalue weighted by molar-refractivity contribution is 4.77. The average molecular weight is 212 g/mol. The normalized spacial score (nSPS) is 15.2. The molecule has 0 bridgehead atoms. The predicted octanol–water partition coefficient (Wildman–Crippen LogP) is 5.95. The van der Waals surface area contributed by atoms with Gasteiger partial charge in [0, 0.05) is 0 Å². The van der Waals surface area contributed by atoms with Crippen LogP contribution in [0.5, 0.6) is 0 Å². The Morgan fingerprint density at radius 3 is 1.67 bits per heavy atom. The van der Waals surface area contributed by atoms with Gasteiger partial charge >= 0.3 is 0 Å². The third-order valence-electron chi connectivity index (χ3n) is 3.90. The van der Waals surface area contributed by atoms with Crippen LogP contribution in [0.4, 0.5) is 0 Å². The van der Waals surface area contributed by atoms with Crippen LogP contribution in [0.15, 0.2) is 0 Å². The van der Waals surface area contributed by atoms with E-state index in [2.05, 4.69) is 27.7 Å². The quantitative estimate of drug-likeness (QED) is 0.392. The third kappa shape index (κ3) is 6.22. The molecule has 0 heteroatoms. The predicted molar refractivity (Wildman–Crippen MR) is 71.3 cm³/mol. The largest absolute Gasteiger partial charge is 0.0654 e. The summed E-state index contributed by atoms with van der Waals surface area (Å²) >= 11 is 0. The summed E-state index contributed by atoms with van der Waals surface area (Å²) in [5.41, 5.74) is 0.694. The van der Waals surface area contributed by atoms with Crippen molar-refractivity contribution >= 4 is 0 Å². The van der Waals surface area contributed by atoms with Crippen LogP contribution in [-0.2, 0) is 0 Å². The molecule has 0 rings (SSSR count). The van der Waals surface area contributed by atoms with Gasteiger partial charge in [-0.05, 0) is 24.7 Å².